The summed E-state index contributed by atoms with van der Waals surface area (Å²) >= 11 is 6.34. The van der Waals surface area contributed by atoms with Gasteiger partial charge in [-0.25, -0.2) is 5.10 Å². The summed E-state index contributed by atoms with van der Waals surface area (Å²) in [6.45, 7) is 0. The highest BCUT2D eigenvalue weighted by atomic mass is 32.2. The molecule has 0 aliphatic carbocycles. The smallest absolute Gasteiger partial charge is 0.211 e. The number of thiocarbonyl (C=S) groups is 1. The van der Waals surface area contributed by atoms with Crippen molar-refractivity contribution in [3.63, 3.8) is 0 Å². The largest absolute Gasteiger partial charge is 0.389 e. The van der Waals surface area contributed by atoms with Gasteiger partial charge in [0.1, 0.15) is 4.99 Å². The van der Waals surface area contributed by atoms with Crippen molar-refractivity contribution in [3.8, 4) is 0 Å². The molecule has 0 aliphatic heterocycles. The van der Waals surface area contributed by atoms with Gasteiger partial charge in [-0.3, -0.25) is 0 Å². The average Bonchev–Trinajstić information content (AvgIpc) is 2.71. The van der Waals surface area contributed by atoms with Crippen LogP contribution in [0.2, 0.25) is 0 Å². The van der Waals surface area contributed by atoms with Crippen LogP contribution in [0.4, 0.5) is 0 Å². The van der Waals surface area contributed by atoms with Gasteiger partial charge in [0.15, 0.2) is 0 Å². The third-order valence-corrected chi connectivity index (χ3v) is 2.85. The number of nitrogens with one attached hydrogen (secondary N) is 1. The minimum Gasteiger partial charge on any atom is -0.389 e. The van der Waals surface area contributed by atoms with Gasteiger partial charge in [-0.05, 0) is 28.3 Å². The SMILES string of the molecule is NC(=S)c1ccccc1Sc1nnn[nH]1. The quantitative estimate of drug-likeness (QED) is 0.775. The van der Waals surface area contributed by atoms with Crippen molar-refractivity contribution < 1.29 is 0 Å². The molecule has 0 spiro atoms. The number of rotatable bonds is 3. The Morgan fingerprint density at radius 3 is 2.87 bits per heavy atom. The van der Waals surface area contributed by atoms with Gasteiger partial charge in [-0.2, -0.15) is 0 Å². The first-order valence-electron chi connectivity index (χ1n) is 4.08. The number of nitrogens with zero attached hydrogens (tertiary/aromatic N) is 3. The molecule has 0 bridgehead atoms. The van der Waals surface area contributed by atoms with Crippen LogP contribution in [-0.2, 0) is 0 Å². The summed E-state index contributed by atoms with van der Waals surface area (Å²) in [5.41, 5.74) is 6.43. The lowest BCUT2D eigenvalue weighted by Gasteiger charge is -2.04. The topological polar surface area (TPSA) is 80.5 Å². The van der Waals surface area contributed by atoms with E-state index in [2.05, 4.69) is 20.6 Å². The fourth-order valence-electron chi connectivity index (χ4n) is 1.06. The Morgan fingerprint density at radius 1 is 1.40 bits per heavy atom. The van der Waals surface area contributed by atoms with E-state index in [0.29, 0.717) is 10.1 Å². The predicted molar refractivity (Wildman–Crippen MR) is 60.6 cm³/mol. The Hall–Kier alpha value is -1.47. The fraction of sp³-hybridized carbons (Fsp3) is 0. The van der Waals surface area contributed by atoms with Crippen molar-refractivity contribution in [2.24, 2.45) is 5.73 Å². The molecule has 0 fully saturated rings. The zero-order chi connectivity index (χ0) is 10.7. The highest BCUT2D eigenvalue weighted by Crippen LogP contribution is 2.26. The van der Waals surface area contributed by atoms with E-state index in [1.807, 2.05) is 24.3 Å². The lowest BCUT2D eigenvalue weighted by atomic mass is 10.2. The van der Waals surface area contributed by atoms with E-state index < -0.39 is 0 Å². The molecule has 5 nitrogen and oxygen atoms in total. The van der Waals surface area contributed by atoms with Gasteiger partial charge in [-0.1, -0.05) is 30.4 Å². The van der Waals surface area contributed by atoms with E-state index in [-0.39, 0.29) is 0 Å². The van der Waals surface area contributed by atoms with Crippen LogP contribution >= 0.6 is 24.0 Å². The summed E-state index contributed by atoms with van der Waals surface area (Å²) in [7, 11) is 0. The van der Waals surface area contributed by atoms with Crippen molar-refractivity contribution in [1.29, 1.82) is 0 Å². The van der Waals surface area contributed by atoms with Crippen molar-refractivity contribution >= 4 is 29.0 Å². The van der Waals surface area contributed by atoms with Gasteiger partial charge >= 0.3 is 0 Å². The molecule has 0 radical (unpaired) electrons. The van der Waals surface area contributed by atoms with E-state index in [9.17, 15) is 0 Å². The Balaban J connectivity index is 2.32. The Morgan fingerprint density at radius 2 is 2.20 bits per heavy atom. The molecule has 2 aromatic rings. The van der Waals surface area contributed by atoms with Gasteiger partial charge in [0, 0.05) is 10.5 Å². The standard InChI is InChI=1S/C8H7N5S2/c9-7(14)5-3-1-2-4-6(5)15-8-10-12-13-11-8/h1-4H,(H2,9,14)(H,10,11,12,13). The summed E-state index contributed by atoms with van der Waals surface area (Å²) < 4.78 is 0. The number of benzene rings is 1. The van der Waals surface area contributed by atoms with Gasteiger partial charge in [-0.15, -0.1) is 5.10 Å². The second kappa shape index (κ2) is 4.37. The van der Waals surface area contributed by atoms with Crippen molar-refractivity contribution in [2.45, 2.75) is 10.1 Å². The van der Waals surface area contributed by atoms with Crippen LogP contribution in [0.15, 0.2) is 34.3 Å². The molecule has 0 saturated heterocycles. The second-order valence-electron chi connectivity index (χ2n) is 2.67. The molecular weight excluding hydrogens is 230 g/mol. The Bertz CT molecular complexity index is 468. The minimum atomic E-state index is 0.366. The molecule has 2 rings (SSSR count). The van der Waals surface area contributed by atoms with Gasteiger partial charge in [0.05, 0.1) is 0 Å². The molecule has 0 aliphatic rings. The van der Waals surface area contributed by atoms with Gasteiger partial charge in [0.25, 0.3) is 0 Å². The first-order chi connectivity index (χ1) is 7.27. The number of H-pyrrole nitrogens is 1. The van der Waals surface area contributed by atoms with Crippen LogP contribution in [0, 0.1) is 0 Å². The second-order valence-corrected chi connectivity index (χ2v) is 4.14. The summed E-state index contributed by atoms with van der Waals surface area (Å²) in [6, 6.07) is 7.58. The van der Waals surface area contributed by atoms with Crippen LogP contribution in [-0.4, -0.2) is 25.6 Å². The summed E-state index contributed by atoms with van der Waals surface area (Å²) in [5, 5.41) is 14.0. The zero-order valence-electron chi connectivity index (χ0n) is 7.54. The van der Waals surface area contributed by atoms with Crippen LogP contribution < -0.4 is 5.73 Å². The Kier molecular flexibility index (Phi) is 2.93. The zero-order valence-corrected chi connectivity index (χ0v) is 9.18. The van der Waals surface area contributed by atoms with Crippen LogP contribution in [0.3, 0.4) is 0 Å². The van der Waals surface area contributed by atoms with Crippen molar-refractivity contribution in [1.82, 2.24) is 20.6 Å². The normalized spacial score (nSPS) is 10.1. The lowest BCUT2D eigenvalue weighted by molar-refractivity contribution is 0.881. The molecule has 76 valence electrons. The van der Waals surface area contributed by atoms with Crippen molar-refractivity contribution in [3.05, 3.63) is 29.8 Å². The maximum Gasteiger partial charge on any atom is 0.211 e. The molecular formula is C8H7N5S2. The number of hydrogen-bond donors (Lipinski definition) is 2. The molecule has 1 aromatic carbocycles. The maximum atomic E-state index is 5.60. The molecule has 0 saturated carbocycles. The summed E-state index contributed by atoms with van der Waals surface area (Å²) in [5.74, 6) is 0. The van der Waals surface area contributed by atoms with Crippen LogP contribution in [0.25, 0.3) is 0 Å². The predicted octanol–water partition coefficient (Wildman–Crippen LogP) is 0.985. The van der Waals surface area contributed by atoms with Crippen molar-refractivity contribution in [2.75, 3.05) is 0 Å². The van der Waals surface area contributed by atoms with Gasteiger partial charge in [0.2, 0.25) is 5.16 Å². The third-order valence-electron chi connectivity index (χ3n) is 1.69. The number of aromatic nitrogens is 4. The molecule has 7 heteroatoms. The van der Waals surface area contributed by atoms with E-state index in [1.54, 1.807) is 0 Å². The number of aromatic amines is 1. The van der Waals surface area contributed by atoms with E-state index in [1.165, 1.54) is 11.8 Å². The lowest BCUT2D eigenvalue weighted by Crippen LogP contribution is -2.10. The number of tetrazole rings is 1. The molecule has 0 amide bonds. The van der Waals surface area contributed by atoms with Crippen LogP contribution in [0.5, 0.6) is 0 Å². The van der Waals surface area contributed by atoms with Gasteiger partial charge < -0.3 is 5.73 Å². The molecule has 0 atom stereocenters. The van der Waals surface area contributed by atoms with E-state index >= 15 is 0 Å². The number of hydrogen-bond acceptors (Lipinski definition) is 5. The summed E-state index contributed by atoms with van der Waals surface area (Å²) in [4.78, 5) is 1.30. The highest BCUT2D eigenvalue weighted by molar-refractivity contribution is 7.99. The molecule has 0 unspecified atom stereocenters. The molecule has 1 heterocycles. The molecule has 1 aromatic heterocycles. The summed E-state index contributed by atoms with van der Waals surface area (Å²) in [6.07, 6.45) is 0. The molecule has 15 heavy (non-hydrogen) atoms. The van der Waals surface area contributed by atoms with Crippen LogP contribution in [0.1, 0.15) is 5.56 Å². The highest BCUT2D eigenvalue weighted by Gasteiger charge is 2.07. The molecule has 3 N–H and O–H groups in total. The fourth-order valence-corrected chi connectivity index (χ4v) is 2.11. The first kappa shape index (κ1) is 10.1. The monoisotopic (exact) mass is 237 g/mol. The Labute approximate surface area is 95.4 Å². The first-order valence-corrected chi connectivity index (χ1v) is 5.30. The third kappa shape index (κ3) is 2.31. The van der Waals surface area contributed by atoms with E-state index in [0.717, 1.165) is 10.5 Å². The van der Waals surface area contributed by atoms with E-state index in [4.69, 9.17) is 18.0 Å². The number of nitrogens with two attached hydrogens (primary N) is 1. The minimum absolute atomic E-state index is 0.366. The maximum absolute atomic E-state index is 5.60. The average molecular weight is 237 g/mol.